The van der Waals surface area contributed by atoms with Crippen LogP contribution in [0.15, 0.2) is 18.2 Å². The van der Waals surface area contributed by atoms with Crippen molar-refractivity contribution >= 4 is 5.91 Å². The van der Waals surface area contributed by atoms with Gasteiger partial charge in [0.2, 0.25) is 0 Å². The van der Waals surface area contributed by atoms with Crippen LogP contribution in [0, 0.1) is 5.92 Å². The van der Waals surface area contributed by atoms with E-state index in [1.165, 1.54) is 4.90 Å². The predicted molar refractivity (Wildman–Crippen MR) is 83.8 cm³/mol. The van der Waals surface area contributed by atoms with E-state index in [2.05, 4.69) is 9.88 Å². The van der Waals surface area contributed by atoms with Gasteiger partial charge in [-0.2, -0.15) is 0 Å². The Morgan fingerprint density at radius 3 is 3.05 bits per heavy atom. The number of β-amino-alcohol motifs (C(OH)–C–C–N with tert-alkyl or cyclic N) is 1. The number of carbonyl (C=O) groups is 1. The van der Waals surface area contributed by atoms with Crippen LogP contribution in [-0.4, -0.2) is 79.3 Å². The molecule has 22 heavy (non-hydrogen) atoms. The Morgan fingerprint density at radius 2 is 2.32 bits per heavy atom. The molecule has 122 valence electrons. The van der Waals surface area contributed by atoms with Crippen molar-refractivity contribution in [3.63, 3.8) is 0 Å². The van der Waals surface area contributed by atoms with Crippen LogP contribution in [0.25, 0.3) is 0 Å². The van der Waals surface area contributed by atoms with Gasteiger partial charge in [0, 0.05) is 45.3 Å². The van der Waals surface area contributed by atoms with E-state index in [0.29, 0.717) is 31.4 Å². The summed E-state index contributed by atoms with van der Waals surface area (Å²) in [7, 11) is 3.45. The van der Waals surface area contributed by atoms with E-state index in [1.807, 2.05) is 12.1 Å². The molecule has 0 unspecified atom stereocenters. The lowest BCUT2D eigenvalue weighted by Gasteiger charge is -2.22. The second-order valence-corrected chi connectivity index (χ2v) is 5.88. The summed E-state index contributed by atoms with van der Waals surface area (Å²) >= 11 is 0. The first-order chi connectivity index (χ1) is 10.6. The van der Waals surface area contributed by atoms with E-state index in [0.717, 1.165) is 25.2 Å². The molecule has 1 N–H and O–H groups in total. The van der Waals surface area contributed by atoms with Gasteiger partial charge in [0.15, 0.2) is 0 Å². The number of aromatic nitrogens is 1. The van der Waals surface area contributed by atoms with Gasteiger partial charge in [-0.1, -0.05) is 6.07 Å². The molecule has 0 radical (unpaired) electrons. The summed E-state index contributed by atoms with van der Waals surface area (Å²) in [4.78, 5) is 20.2. The zero-order valence-corrected chi connectivity index (χ0v) is 13.4. The molecule has 2 heterocycles. The molecule has 2 rings (SSSR count). The minimum absolute atomic E-state index is 0.0825. The molecule has 1 aromatic rings. The number of rotatable bonds is 5. The zero-order chi connectivity index (χ0) is 15.9. The maximum atomic E-state index is 12.0. The molecule has 0 saturated carbocycles. The van der Waals surface area contributed by atoms with Crippen molar-refractivity contribution in [3.8, 4) is 0 Å². The molecule has 1 aromatic heterocycles. The number of aliphatic hydroxyl groups excluding tert-OH is 1. The monoisotopic (exact) mass is 307 g/mol. The van der Waals surface area contributed by atoms with Gasteiger partial charge in [0.25, 0.3) is 5.91 Å². The minimum atomic E-state index is -0.0825. The first-order valence-electron chi connectivity index (χ1n) is 7.68. The van der Waals surface area contributed by atoms with Crippen LogP contribution in [0.2, 0.25) is 0 Å². The van der Waals surface area contributed by atoms with E-state index in [9.17, 15) is 4.79 Å². The Bertz CT molecular complexity index is 493. The molecule has 0 spiro atoms. The maximum absolute atomic E-state index is 12.0. The normalized spacial score (nSPS) is 19.7. The van der Waals surface area contributed by atoms with Crippen LogP contribution in [0.5, 0.6) is 0 Å². The van der Waals surface area contributed by atoms with E-state index in [4.69, 9.17) is 9.84 Å². The third kappa shape index (κ3) is 4.76. The van der Waals surface area contributed by atoms with Gasteiger partial charge in [-0.25, -0.2) is 4.98 Å². The number of ether oxygens (including phenoxy) is 1. The maximum Gasteiger partial charge on any atom is 0.271 e. The largest absolute Gasteiger partial charge is 0.395 e. The molecule has 1 amide bonds. The van der Waals surface area contributed by atoms with Crippen molar-refractivity contribution in [1.29, 1.82) is 0 Å². The Kier molecular flexibility index (Phi) is 6.30. The number of carbonyl (C=O) groups excluding carboxylic acids is 1. The number of hydrogen-bond donors (Lipinski definition) is 1. The van der Waals surface area contributed by atoms with Crippen LogP contribution >= 0.6 is 0 Å². The molecule has 1 aliphatic rings. The second-order valence-electron chi connectivity index (χ2n) is 5.88. The van der Waals surface area contributed by atoms with Crippen LogP contribution in [0.3, 0.4) is 0 Å². The standard InChI is InChI=1S/C16H25N3O3/c1-18(2)16(21)15-5-3-4-14(17-15)10-13-11-19(6-8-20)7-9-22-12-13/h3-5,13,20H,6-12H2,1-2H3/t13-/m1/s1. The molecule has 1 saturated heterocycles. The topological polar surface area (TPSA) is 65.9 Å². The number of hydrogen-bond acceptors (Lipinski definition) is 5. The van der Waals surface area contributed by atoms with Crippen molar-refractivity contribution in [2.75, 3.05) is 53.6 Å². The third-order valence-electron chi connectivity index (χ3n) is 3.77. The smallest absolute Gasteiger partial charge is 0.271 e. The molecule has 6 nitrogen and oxygen atoms in total. The summed E-state index contributed by atoms with van der Waals surface area (Å²) < 4.78 is 5.65. The fourth-order valence-electron chi connectivity index (χ4n) is 2.66. The van der Waals surface area contributed by atoms with Gasteiger partial charge in [-0.3, -0.25) is 9.69 Å². The highest BCUT2D eigenvalue weighted by Gasteiger charge is 2.20. The molecular formula is C16H25N3O3. The van der Waals surface area contributed by atoms with Crippen molar-refractivity contribution in [2.24, 2.45) is 5.92 Å². The fraction of sp³-hybridized carbons (Fsp3) is 0.625. The Labute approximate surface area is 131 Å². The average Bonchev–Trinajstić information content (AvgIpc) is 2.72. The zero-order valence-electron chi connectivity index (χ0n) is 13.4. The third-order valence-corrected chi connectivity index (χ3v) is 3.77. The van der Waals surface area contributed by atoms with Crippen LogP contribution in [-0.2, 0) is 11.2 Å². The molecule has 1 atom stereocenters. The van der Waals surface area contributed by atoms with Crippen molar-refractivity contribution in [2.45, 2.75) is 6.42 Å². The predicted octanol–water partition coefficient (Wildman–Crippen LogP) is 0.267. The Balaban J connectivity index is 2.02. The van der Waals surface area contributed by atoms with Crippen LogP contribution in [0.4, 0.5) is 0 Å². The molecule has 0 aromatic carbocycles. The molecule has 0 aliphatic carbocycles. The minimum Gasteiger partial charge on any atom is -0.395 e. The number of nitrogens with zero attached hydrogens (tertiary/aromatic N) is 3. The lowest BCUT2D eigenvalue weighted by Crippen LogP contribution is -2.33. The highest BCUT2D eigenvalue weighted by atomic mass is 16.5. The number of aliphatic hydroxyl groups is 1. The SMILES string of the molecule is CN(C)C(=O)c1cccc(C[C@H]2COCCN(CCO)C2)n1. The summed E-state index contributed by atoms with van der Waals surface area (Å²) in [5.41, 5.74) is 1.39. The highest BCUT2D eigenvalue weighted by molar-refractivity contribution is 5.91. The van der Waals surface area contributed by atoms with Crippen molar-refractivity contribution in [1.82, 2.24) is 14.8 Å². The van der Waals surface area contributed by atoms with Crippen LogP contribution < -0.4 is 0 Å². The molecular weight excluding hydrogens is 282 g/mol. The highest BCUT2D eigenvalue weighted by Crippen LogP contribution is 2.13. The Hall–Kier alpha value is -1.50. The van der Waals surface area contributed by atoms with E-state index in [-0.39, 0.29) is 12.5 Å². The van der Waals surface area contributed by atoms with Gasteiger partial charge in [0.1, 0.15) is 5.69 Å². The first kappa shape index (κ1) is 16.9. The second kappa shape index (κ2) is 8.22. The number of amides is 1. The fourth-order valence-corrected chi connectivity index (χ4v) is 2.66. The summed E-state index contributed by atoms with van der Waals surface area (Å²) in [6, 6.07) is 5.57. The van der Waals surface area contributed by atoms with Crippen molar-refractivity contribution in [3.05, 3.63) is 29.6 Å². The molecule has 1 fully saturated rings. The van der Waals surface area contributed by atoms with Gasteiger partial charge >= 0.3 is 0 Å². The van der Waals surface area contributed by atoms with E-state index in [1.54, 1.807) is 20.2 Å². The van der Waals surface area contributed by atoms with E-state index >= 15 is 0 Å². The number of pyridine rings is 1. The summed E-state index contributed by atoms with van der Waals surface area (Å²) in [6.45, 7) is 3.96. The quantitative estimate of drug-likeness (QED) is 0.846. The Morgan fingerprint density at radius 1 is 1.50 bits per heavy atom. The van der Waals surface area contributed by atoms with Gasteiger partial charge < -0.3 is 14.7 Å². The molecule has 1 aliphatic heterocycles. The van der Waals surface area contributed by atoms with Gasteiger partial charge in [-0.05, 0) is 18.6 Å². The summed E-state index contributed by atoms with van der Waals surface area (Å²) in [5, 5.41) is 9.10. The lowest BCUT2D eigenvalue weighted by atomic mass is 10.0. The van der Waals surface area contributed by atoms with Gasteiger partial charge in [0.05, 0.1) is 19.8 Å². The lowest BCUT2D eigenvalue weighted by molar-refractivity contribution is 0.0821. The van der Waals surface area contributed by atoms with Crippen LogP contribution in [0.1, 0.15) is 16.2 Å². The van der Waals surface area contributed by atoms with Gasteiger partial charge in [-0.15, -0.1) is 0 Å². The van der Waals surface area contributed by atoms with Crippen molar-refractivity contribution < 1.29 is 14.6 Å². The summed E-state index contributed by atoms with van der Waals surface area (Å²) in [5.74, 6) is 0.243. The first-order valence-corrected chi connectivity index (χ1v) is 7.68. The average molecular weight is 307 g/mol. The molecule has 0 bridgehead atoms. The molecule has 6 heteroatoms. The van der Waals surface area contributed by atoms with E-state index < -0.39 is 0 Å². The summed E-state index contributed by atoms with van der Waals surface area (Å²) in [6.07, 6.45) is 0.774.